The first-order chi connectivity index (χ1) is 6.40. The van der Waals surface area contributed by atoms with Crippen LogP contribution in [0.1, 0.15) is 13.3 Å². The van der Waals surface area contributed by atoms with E-state index in [4.69, 9.17) is 0 Å². The third-order valence-electron chi connectivity index (χ3n) is 1.79. The summed E-state index contributed by atoms with van der Waals surface area (Å²) in [4.78, 5) is 13.6. The molecule has 0 bridgehead atoms. The van der Waals surface area contributed by atoms with E-state index in [1.165, 1.54) is 0 Å². The van der Waals surface area contributed by atoms with Gasteiger partial charge >= 0.3 is 0 Å². The number of nitrogens with zero attached hydrogens (tertiary/aromatic N) is 1. The molecule has 0 aromatic rings. The van der Waals surface area contributed by atoms with Gasteiger partial charge in [-0.15, -0.1) is 0 Å². The Labute approximate surface area is 103 Å². The monoisotopic (exact) mass is 328 g/mol. The molecule has 0 radical (unpaired) electrons. The van der Waals surface area contributed by atoms with E-state index in [1.807, 2.05) is 21.0 Å². The quantitative estimate of drug-likeness (QED) is 0.593. The maximum atomic E-state index is 11.5. The van der Waals surface area contributed by atoms with Crippen LogP contribution < -0.4 is 5.32 Å². The molecule has 0 rings (SSSR count). The van der Waals surface area contributed by atoms with Gasteiger partial charge in [0.05, 0.1) is 0 Å². The molecule has 0 heterocycles. The SMILES string of the molecule is CN(C)CCCNC(=O)C(C)(Br)CBr. The number of rotatable bonds is 6. The lowest BCUT2D eigenvalue weighted by molar-refractivity contribution is -0.122. The molecule has 0 spiro atoms. The zero-order valence-corrected chi connectivity index (χ0v) is 12.1. The molecule has 0 aliphatic carbocycles. The second-order valence-corrected chi connectivity index (χ2v) is 6.05. The van der Waals surface area contributed by atoms with Crippen molar-refractivity contribution in [2.24, 2.45) is 0 Å². The Bertz CT molecular complexity index is 184. The summed E-state index contributed by atoms with van der Waals surface area (Å²) in [6.45, 7) is 3.57. The van der Waals surface area contributed by atoms with Gasteiger partial charge in [-0.05, 0) is 34.0 Å². The molecular formula is C9H18Br2N2O. The van der Waals surface area contributed by atoms with Gasteiger partial charge in [0.15, 0.2) is 0 Å². The molecule has 14 heavy (non-hydrogen) atoms. The summed E-state index contributed by atoms with van der Waals surface area (Å²) in [5.74, 6) is 0.0353. The first-order valence-electron chi connectivity index (χ1n) is 4.58. The average Bonchev–Trinajstić information content (AvgIpc) is 2.11. The maximum Gasteiger partial charge on any atom is 0.237 e. The lowest BCUT2D eigenvalue weighted by Gasteiger charge is -2.19. The largest absolute Gasteiger partial charge is 0.355 e. The minimum absolute atomic E-state index is 0.0353. The van der Waals surface area contributed by atoms with Crippen LogP contribution in [0.25, 0.3) is 0 Å². The fraction of sp³-hybridized carbons (Fsp3) is 0.889. The standard InChI is InChI=1S/C9H18Br2N2O/c1-9(11,7-10)8(14)12-5-4-6-13(2)3/h4-7H2,1-3H3,(H,12,14). The summed E-state index contributed by atoms with van der Waals surface area (Å²) >= 11 is 6.65. The van der Waals surface area contributed by atoms with Gasteiger partial charge in [-0.25, -0.2) is 0 Å². The van der Waals surface area contributed by atoms with Crippen molar-refractivity contribution in [1.82, 2.24) is 10.2 Å². The highest BCUT2D eigenvalue weighted by molar-refractivity contribution is 9.12. The minimum atomic E-state index is -0.495. The van der Waals surface area contributed by atoms with E-state index >= 15 is 0 Å². The van der Waals surface area contributed by atoms with Crippen molar-refractivity contribution in [1.29, 1.82) is 0 Å². The molecule has 84 valence electrons. The van der Waals surface area contributed by atoms with Crippen LogP contribution in [0.5, 0.6) is 0 Å². The number of nitrogens with one attached hydrogen (secondary N) is 1. The van der Waals surface area contributed by atoms with Gasteiger partial charge in [0.1, 0.15) is 4.32 Å². The van der Waals surface area contributed by atoms with E-state index in [-0.39, 0.29) is 5.91 Å². The summed E-state index contributed by atoms with van der Waals surface area (Å²) in [6, 6.07) is 0. The van der Waals surface area contributed by atoms with Crippen molar-refractivity contribution in [2.45, 2.75) is 17.7 Å². The number of alkyl halides is 2. The fourth-order valence-electron chi connectivity index (χ4n) is 0.842. The topological polar surface area (TPSA) is 32.3 Å². The highest BCUT2D eigenvalue weighted by Crippen LogP contribution is 2.19. The van der Waals surface area contributed by atoms with E-state index in [0.29, 0.717) is 5.33 Å². The van der Waals surface area contributed by atoms with Crippen LogP contribution >= 0.6 is 31.9 Å². The van der Waals surface area contributed by atoms with Crippen LogP contribution in [0.15, 0.2) is 0 Å². The van der Waals surface area contributed by atoms with E-state index in [0.717, 1.165) is 19.5 Å². The Morgan fingerprint density at radius 3 is 2.50 bits per heavy atom. The van der Waals surface area contributed by atoms with Gasteiger partial charge in [-0.3, -0.25) is 4.79 Å². The summed E-state index contributed by atoms with van der Waals surface area (Å²) in [5, 5.41) is 3.50. The summed E-state index contributed by atoms with van der Waals surface area (Å²) in [5.41, 5.74) is 0. The Morgan fingerprint density at radius 2 is 2.07 bits per heavy atom. The van der Waals surface area contributed by atoms with E-state index in [9.17, 15) is 4.79 Å². The molecule has 1 atom stereocenters. The van der Waals surface area contributed by atoms with Gasteiger partial charge in [-0.1, -0.05) is 31.9 Å². The summed E-state index contributed by atoms with van der Waals surface area (Å²) < 4.78 is -0.495. The predicted molar refractivity (Wildman–Crippen MR) is 67.3 cm³/mol. The molecule has 0 aromatic heterocycles. The van der Waals surface area contributed by atoms with Gasteiger partial charge in [0.25, 0.3) is 0 Å². The van der Waals surface area contributed by atoms with E-state index in [1.54, 1.807) is 0 Å². The van der Waals surface area contributed by atoms with Crippen molar-refractivity contribution >= 4 is 37.8 Å². The Kier molecular flexibility index (Phi) is 6.99. The second-order valence-electron chi connectivity index (χ2n) is 3.74. The smallest absolute Gasteiger partial charge is 0.237 e. The van der Waals surface area contributed by atoms with Crippen molar-refractivity contribution < 1.29 is 4.79 Å². The first-order valence-corrected chi connectivity index (χ1v) is 6.49. The van der Waals surface area contributed by atoms with Crippen LogP contribution in [-0.4, -0.2) is 47.6 Å². The van der Waals surface area contributed by atoms with E-state index < -0.39 is 4.32 Å². The minimum Gasteiger partial charge on any atom is -0.355 e. The Balaban J connectivity index is 3.64. The number of carbonyl (C=O) groups excluding carboxylic acids is 1. The van der Waals surface area contributed by atoms with Crippen LogP contribution in [0.3, 0.4) is 0 Å². The molecular weight excluding hydrogens is 312 g/mol. The zero-order chi connectivity index (χ0) is 11.2. The van der Waals surface area contributed by atoms with Crippen LogP contribution in [0, 0.1) is 0 Å². The molecule has 1 amide bonds. The Morgan fingerprint density at radius 1 is 1.50 bits per heavy atom. The number of hydrogen-bond donors (Lipinski definition) is 1. The Hall–Kier alpha value is 0.390. The molecule has 0 aliphatic rings. The molecule has 0 saturated heterocycles. The molecule has 3 nitrogen and oxygen atoms in total. The number of amides is 1. The van der Waals surface area contributed by atoms with Crippen LogP contribution in [0.4, 0.5) is 0 Å². The van der Waals surface area contributed by atoms with Gasteiger partial charge in [0.2, 0.25) is 5.91 Å². The number of hydrogen-bond acceptors (Lipinski definition) is 2. The van der Waals surface area contributed by atoms with Crippen molar-refractivity contribution in [3.63, 3.8) is 0 Å². The van der Waals surface area contributed by atoms with Crippen LogP contribution in [-0.2, 0) is 4.79 Å². The highest BCUT2D eigenvalue weighted by Gasteiger charge is 2.27. The number of halogens is 2. The molecule has 5 heteroatoms. The second kappa shape index (κ2) is 6.80. The average molecular weight is 330 g/mol. The molecule has 1 unspecified atom stereocenters. The first kappa shape index (κ1) is 14.4. The summed E-state index contributed by atoms with van der Waals surface area (Å²) in [7, 11) is 4.05. The summed E-state index contributed by atoms with van der Waals surface area (Å²) in [6.07, 6.45) is 0.976. The van der Waals surface area contributed by atoms with Crippen molar-refractivity contribution in [2.75, 3.05) is 32.5 Å². The van der Waals surface area contributed by atoms with E-state index in [2.05, 4.69) is 42.1 Å². The lowest BCUT2D eigenvalue weighted by Crippen LogP contribution is -2.41. The maximum absolute atomic E-state index is 11.5. The molecule has 1 N–H and O–H groups in total. The fourth-order valence-corrected chi connectivity index (χ4v) is 1.24. The van der Waals surface area contributed by atoms with Gasteiger partial charge < -0.3 is 10.2 Å². The predicted octanol–water partition coefficient (Wildman–Crippen LogP) is 1.60. The van der Waals surface area contributed by atoms with Gasteiger partial charge in [0, 0.05) is 11.9 Å². The normalized spacial score (nSPS) is 15.3. The third kappa shape index (κ3) is 5.98. The van der Waals surface area contributed by atoms with Crippen LogP contribution in [0.2, 0.25) is 0 Å². The van der Waals surface area contributed by atoms with Gasteiger partial charge in [-0.2, -0.15) is 0 Å². The molecule has 0 fully saturated rings. The highest BCUT2D eigenvalue weighted by atomic mass is 79.9. The lowest BCUT2D eigenvalue weighted by atomic mass is 10.2. The molecule has 0 saturated carbocycles. The third-order valence-corrected chi connectivity index (χ3v) is 4.31. The van der Waals surface area contributed by atoms with Crippen molar-refractivity contribution in [3.8, 4) is 0 Å². The number of carbonyl (C=O) groups is 1. The molecule has 0 aliphatic heterocycles. The van der Waals surface area contributed by atoms with Crippen molar-refractivity contribution in [3.05, 3.63) is 0 Å². The molecule has 0 aromatic carbocycles. The zero-order valence-electron chi connectivity index (χ0n) is 8.94.